The molecule has 0 spiro atoms. The predicted molar refractivity (Wildman–Crippen MR) is 91.9 cm³/mol. The van der Waals surface area contributed by atoms with Gasteiger partial charge in [0.05, 0.1) is 0 Å². The van der Waals surface area contributed by atoms with Crippen LogP contribution in [0.4, 0.5) is 0 Å². The Balaban J connectivity index is 0.000000882. The zero-order chi connectivity index (χ0) is 13.5. The van der Waals surface area contributed by atoms with Crippen LogP contribution in [0.2, 0.25) is 0 Å². The standard InChI is InChI=1S/C16H21N3O.2ClH/c20-16(11-1-2-12-8-17-9-13(12)7-11)18-14-5-6-19(10-14)15-3-4-15;;/h1-2,7,14-15,17H,3-6,8-10H2,(H,18,20);2*1H. The Labute approximate surface area is 143 Å². The number of amides is 1. The number of nitrogens with zero attached hydrogens (tertiary/aromatic N) is 1. The van der Waals surface area contributed by atoms with Crippen LogP contribution in [-0.4, -0.2) is 36.0 Å². The van der Waals surface area contributed by atoms with Crippen molar-refractivity contribution < 1.29 is 4.79 Å². The number of hydrogen-bond acceptors (Lipinski definition) is 3. The van der Waals surface area contributed by atoms with Crippen molar-refractivity contribution >= 4 is 30.7 Å². The van der Waals surface area contributed by atoms with Crippen LogP contribution in [0.25, 0.3) is 0 Å². The van der Waals surface area contributed by atoms with Crippen molar-refractivity contribution in [3.05, 3.63) is 34.9 Å². The summed E-state index contributed by atoms with van der Waals surface area (Å²) >= 11 is 0. The molecule has 1 saturated heterocycles. The summed E-state index contributed by atoms with van der Waals surface area (Å²) in [5.41, 5.74) is 3.39. The van der Waals surface area contributed by atoms with Crippen molar-refractivity contribution in [1.82, 2.24) is 15.5 Å². The van der Waals surface area contributed by atoms with Crippen LogP contribution in [0.3, 0.4) is 0 Å². The normalized spacial score (nSPS) is 23.4. The molecule has 1 unspecified atom stereocenters. The first-order valence-corrected chi connectivity index (χ1v) is 7.67. The van der Waals surface area contributed by atoms with Crippen molar-refractivity contribution in [2.45, 2.75) is 44.4 Å². The van der Waals surface area contributed by atoms with Gasteiger partial charge < -0.3 is 10.6 Å². The van der Waals surface area contributed by atoms with Gasteiger partial charge in [-0.25, -0.2) is 0 Å². The first kappa shape index (κ1) is 17.5. The molecule has 1 aromatic rings. The Morgan fingerprint density at radius 2 is 1.91 bits per heavy atom. The molecule has 2 N–H and O–H groups in total. The van der Waals surface area contributed by atoms with Crippen molar-refractivity contribution in [3.8, 4) is 0 Å². The highest BCUT2D eigenvalue weighted by atomic mass is 35.5. The molecule has 2 fully saturated rings. The van der Waals surface area contributed by atoms with E-state index >= 15 is 0 Å². The molecule has 22 heavy (non-hydrogen) atoms. The summed E-state index contributed by atoms with van der Waals surface area (Å²) in [5.74, 6) is 0.0855. The van der Waals surface area contributed by atoms with Crippen molar-refractivity contribution in [1.29, 1.82) is 0 Å². The van der Waals surface area contributed by atoms with Gasteiger partial charge in [0.15, 0.2) is 0 Å². The van der Waals surface area contributed by atoms with E-state index in [9.17, 15) is 4.79 Å². The summed E-state index contributed by atoms with van der Waals surface area (Å²) in [6.07, 6.45) is 3.78. The van der Waals surface area contributed by atoms with Gasteiger partial charge in [-0.2, -0.15) is 0 Å². The minimum absolute atomic E-state index is 0. The molecule has 4 nitrogen and oxygen atoms in total. The number of rotatable bonds is 3. The molecule has 2 heterocycles. The molecule has 6 heteroatoms. The predicted octanol–water partition coefficient (Wildman–Crippen LogP) is 2.10. The van der Waals surface area contributed by atoms with Gasteiger partial charge in [-0.15, -0.1) is 24.8 Å². The van der Waals surface area contributed by atoms with E-state index in [0.717, 1.165) is 44.2 Å². The molecule has 1 aromatic carbocycles. The van der Waals surface area contributed by atoms with E-state index in [-0.39, 0.29) is 30.7 Å². The first-order valence-electron chi connectivity index (χ1n) is 7.67. The molecular weight excluding hydrogens is 321 g/mol. The Hall–Kier alpha value is -0.810. The third-order valence-electron chi connectivity index (χ3n) is 4.72. The average molecular weight is 344 g/mol. The van der Waals surface area contributed by atoms with E-state index in [1.807, 2.05) is 12.1 Å². The lowest BCUT2D eigenvalue weighted by Crippen LogP contribution is -2.37. The third-order valence-corrected chi connectivity index (χ3v) is 4.72. The number of fused-ring (bicyclic) bond motifs is 1. The molecule has 122 valence electrons. The van der Waals surface area contributed by atoms with E-state index in [2.05, 4.69) is 21.6 Å². The minimum Gasteiger partial charge on any atom is -0.348 e. The number of likely N-dealkylation sites (tertiary alicyclic amines) is 1. The van der Waals surface area contributed by atoms with Gasteiger partial charge in [0, 0.05) is 43.8 Å². The van der Waals surface area contributed by atoms with Crippen LogP contribution in [0.1, 0.15) is 40.7 Å². The summed E-state index contributed by atoms with van der Waals surface area (Å²) in [6.45, 7) is 3.98. The summed E-state index contributed by atoms with van der Waals surface area (Å²) < 4.78 is 0. The van der Waals surface area contributed by atoms with Gasteiger partial charge >= 0.3 is 0 Å². The Kier molecular flexibility index (Phi) is 5.72. The van der Waals surface area contributed by atoms with Crippen LogP contribution in [0, 0.1) is 0 Å². The van der Waals surface area contributed by atoms with Crippen LogP contribution in [0.15, 0.2) is 18.2 Å². The highest BCUT2D eigenvalue weighted by molar-refractivity contribution is 5.94. The van der Waals surface area contributed by atoms with Gasteiger partial charge in [0.1, 0.15) is 0 Å². The van der Waals surface area contributed by atoms with E-state index < -0.39 is 0 Å². The minimum atomic E-state index is 0. The summed E-state index contributed by atoms with van der Waals surface area (Å²) in [6, 6.07) is 7.21. The molecule has 1 aliphatic carbocycles. The third kappa shape index (κ3) is 3.57. The number of carbonyl (C=O) groups excluding carboxylic acids is 1. The van der Waals surface area contributed by atoms with E-state index in [0.29, 0.717) is 6.04 Å². The second-order valence-corrected chi connectivity index (χ2v) is 6.27. The first-order chi connectivity index (χ1) is 9.79. The molecule has 1 amide bonds. The maximum absolute atomic E-state index is 12.3. The van der Waals surface area contributed by atoms with Gasteiger partial charge in [0.25, 0.3) is 5.91 Å². The second kappa shape index (κ2) is 7.18. The van der Waals surface area contributed by atoms with Gasteiger partial charge in [-0.05, 0) is 42.5 Å². The average Bonchev–Trinajstić information content (AvgIpc) is 3.02. The van der Waals surface area contributed by atoms with Crippen LogP contribution in [0.5, 0.6) is 0 Å². The van der Waals surface area contributed by atoms with Gasteiger partial charge in [-0.3, -0.25) is 9.69 Å². The molecule has 0 radical (unpaired) electrons. The largest absolute Gasteiger partial charge is 0.348 e. The highest BCUT2D eigenvalue weighted by Gasteiger charge is 2.34. The molecule has 0 aromatic heterocycles. The number of carbonyl (C=O) groups is 1. The zero-order valence-corrected chi connectivity index (χ0v) is 14.1. The molecular formula is C16H23Cl2N3O. The lowest BCUT2D eigenvalue weighted by atomic mass is 10.1. The summed E-state index contributed by atoms with van der Waals surface area (Å²) in [5, 5.41) is 6.51. The number of hydrogen-bond donors (Lipinski definition) is 2. The summed E-state index contributed by atoms with van der Waals surface area (Å²) in [4.78, 5) is 14.9. The van der Waals surface area contributed by atoms with Crippen molar-refractivity contribution in [2.75, 3.05) is 13.1 Å². The fraction of sp³-hybridized carbons (Fsp3) is 0.562. The quantitative estimate of drug-likeness (QED) is 0.883. The smallest absolute Gasteiger partial charge is 0.251 e. The van der Waals surface area contributed by atoms with Crippen molar-refractivity contribution in [3.63, 3.8) is 0 Å². The Bertz CT molecular complexity index is 548. The van der Waals surface area contributed by atoms with Crippen LogP contribution in [-0.2, 0) is 13.1 Å². The molecule has 0 bridgehead atoms. The van der Waals surface area contributed by atoms with E-state index in [1.54, 1.807) is 0 Å². The lowest BCUT2D eigenvalue weighted by molar-refractivity contribution is 0.0937. The van der Waals surface area contributed by atoms with E-state index in [4.69, 9.17) is 0 Å². The second-order valence-electron chi connectivity index (χ2n) is 6.27. The monoisotopic (exact) mass is 343 g/mol. The molecule has 2 aliphatic heterocycles. The van der Waals surface area contributed by atoms with Gasteiger partial charge in [-0.1, -0.05) is 6.07 Å². The maximum Gasteiger partial charge on any atom is 0.251 e. The van der Waals surface area contributed by atoms with E-state index in [1.165, 1.54) is 24.0 Å². The SMILES string of the molecule is Cl.Cl.O=C(NC1CCN(C2CC2)C1)c1ccc2c(c1)CNC2. The molecule has 3 aliphatic rings. The zero-order valence-electron chi connectivity index (χ0n) is 12.5. The number of nitrogens with one attached hydrogen (secondary N) is 2. The molecule has 4 rings (SSSR count). The van der Waals surface area contributed by atoms with Crippen LogP contribution < -0.4 is 10.6 Å². The van der Waals surface area contributed by atoms with Gasteiger partial charge in [0.2, 0.25) is 0 Å². The molecule has 1 atom stereocenters. The van der Waals surface area contributed by atoms with Crippen LogP contribution >= 0.6 is 24.8 Å². The lowest BCUT2D eigenvalue weighted by Gasteiger charge is -2.16. The Morgan fingerprint density at radius 3 is 2.68 bits per heavy atom. The van der Waals surface area contributed by atoms with Crippen molar-refractivity contribution in [2.24, 2.45) is 0 Å². The topological polar surface area (TPSA) is 44.4 Å². The maximum atomic E-state index is 12.3. The number of benzene rings is 1. The molecule has 1 saturated carbocycles. The fourth-order valence-corrected chi connectivity index (χ4v) is 3.38. The fourth-order valence-electron chi connectivity index (χ4n) is 3.38. The number of halogens is 2. The Morgan fingerprint density at radius 1 is 1.14 bits per heavy atom. The summed E-state index contributed by atoms with van der Waals surface area (Å²) in [7, 11) is 0. The highest BCUT2D eigenvalue weighted by Crippen LogP contribution is 2.29.